The summed E-state index contributed by atoms with van der Waals surface area (Å²) in [5, 5.41) is 0.709. The Kier molecular flexibility index (Phi) is 4.54. The molecule has 0 N–H and O–H groups in total. The minimum absolute atomic E-state index is 0.0164. The van der Waals surface area contributed by atoms with E-state index in [0.717, 1.165) is 0 Å². The summed E-state index contributed by atoms with van der Waals surface area (Å²) in [6, 6.07) is 10.8. The summed E-state index contributed by atoms with van der Waals surface area (Å²) in [7, 11) is 0. The second-order valence-corrected chi connectivity index (χ2v) is 6.68. The molecule has 0 bridgehead atoms. The van der Waals surface area contributed by atoms with Crippen molar-refractivity contribution in [1.29, 1.82) is 0 Å². The Morgan fingerprint density at radius 3 is 2.46 bits per heavy atom. The molecule has 1 unspecified atom stereocenters. The van der Waals surface area contributed by atoms with Gasteiger partial charge in [0.05, 0.1) is 19.0 Å². The first-order valence-electron chi connectivity index (χ1n) is 7.51. The molecule has 0 aromatic heterocycles. The van der Waals surface area contributed by atoms with Crippen LogP contribution in [0, 0.1) is 0 Å². The fourth-order valence-corrected chi connectivity index (χ4v) is 3.59. The molecule has 0 aliphatic carbocycles. The molecular formula is C18H15Cl2F2NO. The van der Waals surface area contributed by atoms with E-state index in [1.807, 2.05) is 0 Å². The third-order valence-corrected chi connectivity index (χ3v) is 5.06. The normalized spacial score (nSPS) is 19.0. The summed E-state index contributed by atoms with van der Waals surface area (Å²) in [6.45, 7) is 1.10. The van der Waals surface area contributed by atoms with Crippen molar-refractivity contribution in [2.24, 2.45) is 0 Å². The Hall–Kier alpha value is -1.65. The first kappa shape index (κ1) is 17.2. The molecule has 2 aromatic carbocycles. The van der Waals surface area contributed by atoms with Crippen molar-refractivity contribution >= 4 is 29.1 Å². The molecule has 0 fully saturated rings. The molecule has 126 valence electrons. The first-order valence-corrected chi connectivity index (χ1v) is 8.26. The molecule has 2 nitrogen and oxygen atoms in total. The van der Waals surface area contributed by atoms with Gasteiger partial charge in [0.15, 0.2) is 0 Å². The molecular weight excluding hydrogens is 355 g/mol. The van der Waals surface area contributed by atoms with Gasteiger partial charge in [0.2, 0.25) is 5.91 Å². The molecule has 0 spiro atoms. The van der Waals surface area contributed by atoms with E-state index in [1.165, 1.54) is 11.0 Å². The number of carbonyl (C=O) groups excluding carboxylic acids is 1. The molecule has 1 amide bonds. The zero-order chi connectivity index (χ0) is 17.5. The Bertz CT molecular complexity index is 774. The van der Waals surface area contributed by atoms with E-state index in [4.69, 9.17) is 23.2 Å². The number of amides is 1. The molecule has 1 aliphatic heterocycles. The van der Waals surface area contributed by atoms with Gasteiger partial charge in [-0.25, -0.2) is 0 Å². The van der Waals surface area contributed by atoms with E-state index in [9.17, 15) is 13.6 Å². The second kappa shape index (κ2) is 6.34. The van der Waals surface area contributed by atoms with Crippen molar-refractivity contribution in [1.82, 2.24) is 4.90 Å². The highest BCUT2D eigenvalue weighted by Crippen LogP contribution is 2.42. The lowest BCUT2D eigenvalue weighted by Gasteiger charge is -2.39. The van der Waals surface area contributed by atoms with Gasteiger partial charge in [-0.15, -0.1) is 0 Å². The van der Waals surface area contributed by atoms with E-state index >= 15 is 0 Å². The maximum absolute atomic E-state index is 14.4. The molecule has 3 rings (SSSR count). The zero-order valence-electron chi connectivity index (χ0n) is 12.9. The third kappa shape index (κ3) is 3.01. The highest BCUT2D eigenvalue weighted by molar-refractivity contribution is 6.36. The average Bonchev–Trinajstić information content (AvgIpc) is 2.54. The number of carbonyl (C=O) groups is 1. The van der Waals surface area contributed by atoms with Crippen LogP contribution in [0.2, 0.25) is 10.0 Å². The minimum atomic E-state index is -3.08. The number of fused-ring (bicyclic) bond motifs is 1. The van der Waals surface area contributed by atoms with E-state index in [1.54, 1.807) is 43.3 Å². The lowest BCUT2D eigenvalue weighted by atomic mass is 9.90. The van der Waals surface area contributed by atoms with Gasteiger partial charge in [-0.05, 0) is 30.2 Å². The van der Waals surface area contributed by atoms with Crippen LogP contribution in [0.5, 0.6) is 0 Å². The number of alkyl halides is 2. The van der Waals surface area contributed by atoms with Crippen molar-refractivity contribution < 1.29 is 13.6 Å². The van der Waals surface area contributed by atoms with Crippen molar-refractivity contribution in [3.05, 3.63) is 69.2 Å². The quantitative estimate of drug-likeness (QED) is 0.709. The van der Waals surface area contributed by atoms with Gasteiger partial charge in [0.1, 0.15) is 0 Å². The smallest absolute Gasteiger partial charge is 0.290 e. The van der Waals surface area contributed by atoms with Crippen LogP contribution in [0.1, 0.15) is 29.7 Å². The third-order valence-electron chi connectivity index (χ3n) is 4.35. The number of rotatable bonds is 2. The zero-order valence-corrected chi connectivity index (χ0v) is 14.4. The maximum atomic E-state index is 14.4. The lowest BCUT2D eigenvalue weighted by Crippen LogP contribution is -2.46. The van der Waals surface area contributed by atoms with Crippen molar-refractivity contribution in [2.45, 2.75) is 25.3 Å². The van der Waals surface area contributed by atoms with Crippen LogP contribution in [0.15, 0.2) is 42.5 Å². The van der Waals surface area contributed by atoms with Gasteiger partial charge in [-0.1, -0.05) is 53.5 Å². The lowest BCUT2D eigenvalue weighted by molar-refractivity contribution is -0.142. The Morgan fingerprint density at radius 1 is 1.17 bits per heavy atom. The fourth-order valence-electron chi connectivity index (χ4n) is 3.06. The van der Waals surface area contributed by atoms with Gasteiger partial charge < -0.3 is 4.90 Å². The van der Waals surface area contributed by atoms with Gasteiger partial charge >= 0.3 is 0 Å². The standard InChI is InChI=1S/C18H15Cl2F2NO/c1-11-12-5-2-3-6-14(12)18(21,22)10-23(11)17(24)9-13-15(19)7-4-8-16(13)20/h2-8,11H,9-10H2,1H3. The summed E-state index contributed by atoms with van der Waals surface area (Å²) in [5.74, 6) is -3.50. The van der Waals surface area contributed by atoms with Crippen molar-refractivity contribution in [3.63, 3.8) is 0 Å². The minimum Gasteiger partial charge on any atom is -0.329 e. The molecule has 1 heterocycles. The molecule has 0 saturated carbocycles. The van der Waals surface area contributed by atoms with Crippen LogP contribution in [0.4, 0.5) is 8.78 Å². The largest absolute Gasteiger partial charge is 0.329 e. The molecule has 24 heavy (non-hydrogen) atoms. The Labute approximate surface area is 149 Å². The summed E-state index contributed by atoms with van der Waals surface area (Å²) in [6.07, 6.45) is -0.110. The van der Waals surface area contributed by atoms with Crippen LogP contribution >= 0.6 is 23.2 Å². The first-order chi connectivity index (χ1) is 11.3. The van der Waals surface area contributed by atoms with Crippen LogP contribution in [-0.4, -0.2) is 17.4 Å². The number of hydrogen-bond acceptors (Lipinski definition) is 1. The highest BCUT2D eigenvalue weighted by Gasteiger charge is 2.44. The van der Waals surface area contributed by atoms with Crippen LogP contribution in [0.3, 0.4) is 0 Å². The predicted octanol–water partition coefficient (Wildman–Crippen LogP) is 5.23. The molecule has 2 aromatic rings. The maximum Gasteiger partial charge on any atom is 0.290 e. The fraction of sp³-hybridized carbons (Fsp3) is 0.278. The molecule has 0 radical (unpaired) electrons. The monoisotopic (exact) mass is 369 g/mol. The highest BCUT2D eigenvalue weighted by atomic mass is 35.5. The van der Waals surface area contributed by atoms with Crippen LogP contribution in [-0.2, 0) is 17.1 Å². The number of halogens is 4. The van der Waals surface area contributed by atoms with Crippen molar-refractivity contribution in [2.75, 3.05) is 6.54 Å². The molecule has 1 aliphatic rings. The van der Waals surface area contributed by atoms with E-state index < -0.39 is 24.4 Å². The van der Waals surface area contributed by atoms with E-state index in [-0.39, 0.29) is 12.0 Å². The number of benzene rings is 2. The summed E-state index contributed by atoms with van der Waals surface area (Å²) in [4.78, 5) is 13.9. The average molecular weight is 370 g/mol. The van der Waals surface area contributed by atoms with Crippen LogP contribution in [0.25, 0.3) is 0 Å². The Morgan fingerprint density at radius 2 is 1.79 bits per heavy atom. The summed E-state index contributed by atoms with van der Waals surface area (Å²) >= 11 is 12.2. The van der Waals surface area contributed by atoms with Crippen LogP contribution < -0.4 is 0 Å². The summed E-state index contributed by atoms with van der Waals surface area (Å²) < 4.78 is 28.9. The SMILES string of the molecule is CC1c2ccccc2C(F)(F)CN1C(=O)Cc1c(Cl)cccc1Cl. The van der Waals surface area contributed by atoms with Gasteiger partial charge in [-0.3, -0.25) is 4.79 Å². The Balaban J connectivity index is 1.92. The second-order valence-electron chi connectivity index (χ2n) is 5.87. The molecule has 6 heteroatoms. The van der Waals surface area contributed by atoms with Gasteiger partial charge in [0, 0.05) is 15.6 Å². The molecule has 1 atom stereocenters. The number of hydrogen-bond donors (Lipinski definition) is 0. The summed E-state index contributed by atoms with van der Waals surface area (Å²) in [5.41, 5.74) is 0.907. The van der Waals surface area contributed by atoms with E-state index in [2.05, 4.69) is 0 Å². The van der Waals surface area contributed by atoms with Crippen molar-refractivity contribution in [3.8, 4) is 0 Å². The predicted molar refractivity (Wildman–Crippen MR) is 90.6 cm³/mol. The molecule has 0 saturated heterocycles. The van der Waals surface area contributed by atoms with Gasteiger partial charge in [0.25, 0.3) is 5.92 Å². The van der Waals surface area contributed by atoms with E-state index in [0.29, 0.717) is 21.2 Å². The number of nitrogens with zero attached hydrogens (tertiary/aromatic N) is 1. The van der Waals surface area contributed by atoms with Gasteiger partial charge in [-0.2, -0.15) is 8.78 Å². The topological polar surface area (TPSA) is 20.3 Å².